The zero-order chi connectivity index (χ0) is 12.9. The fourth-order valence-corrected chi connectivity index (χ4v) is 1.32. The number of hydrogen-bond donors (Lipinski definition) is 2. The molecule has 0 spiro atoms. The van der Waals surface area contributed by atoms with Crippen LogP contribution in [0.15, 0.2) is 25.0 Å². The highest BCUT2D eigenvalue weighted by Gasteiger charge is 2.20. The van der Waals surface area contributed by atoms with Crippen LogP contribution in [-0.2, 0) is 4.74 Å². The van der Waals surface area contributed by atoms with E-state index in [4.69, 9.17) is 4.74 Å². The summed E-state index contributed by atoms with van der Waals surface area (Å²) >= 11 is 0. The van der Waals surface area contributed by atoms with Gasteiger partial charge >= 0.3 is 6.09 Å². The second-order valence-electron chi connectivity index (χ2n) is 4.70. The second kappa shape index (κ2) is 5.52. The van der Waals surface area contributed by atoms with Gasteiger partial charge in [-0.05, 0) is 27.2 Å². The van der Waals surface area contributed by atoms with E-state index in [0.29, 0.717) is 12.2 Å². The molecule has 2 N–H and O–H groups in total. The molecule has 0 radical (unpaired) electrons. The minimum absolute atomic E-state index is 0.239. The van der Waals surface area contributed by atoms with E-state index < -0.39 is 11.7 Å². The van der Waals surface area contributed by atoms with Crippen molar-refractivity contribution in [2.75, 3.05) is 0 Å². The lowest BCUT2D eigenvalue weighted by Gasteiger charge is -2.22. The Bertz CT molecular complexity index is 366. The maximum absolute atomic E-state index is 11.6. The van der Waals surface area contributed by atoms with Gasteiger partial charge in [0, 0.05) is 12.4 Å². The number of aromatic nitrogens is 2. The molecule has 0 aromatic carbocycles. The molecular weight excluding hydrogens is 218 g/mol. The number of H-pyrrole nitrogens is 1. The average molecular weight is 237 g/mol. The molecule has 0 saturated carbocycles. The lowest BCUT2D eigenvalue weighted by molar-refractivity contribution is 0.0502. The summed E-state index contributed by atoms with van der Waals surface area (Å²) in [6.45, 7) is 9.12. The van der Waals surface area contributed by atoms with E-state index in [9.17, 15) is 4.79 Å². The number of imidazole rings is 1. The van der Waals surface area contributed by atoms with Crippen molar-refractivity contribution in [3.8, 4) is 0 Å². The number of rotatable bonds is 4. The maximum atomic E-state index is 11.6. The first kappa shape index (κ1) is 13.3. The standard InChI is InChI=1S/C12H19N3O2/c1-5-6-9(10-13-7-8-14-10)15-11(16)17-12(2,3)4/h5,7-9H,1,6H2,2-4H3,(H,13,14)(H,15,16)/t9-/m0/s1. The van der Waals surface area contributed by atoms with E-state index in [1.807, 2.05) is 20.8 Å². The van der Waals surface area contributed by atoms with Crippen molar-refractivity contribution in [2.24, 2.45) is 0 Å². The Morgan fingerprint density at radius 2 is 2.41 bits per heavy atom. The third-order valence-corrected chi connectivity index (χ3v) is 1.94. The first-order valence-corrected chi connectivity index (χ1v) is 5.52. The van der Waals surface area contributed by atoms with Crippen LogP contribution in [0, 0.1) is 0 Å². The summed E-state index contributed by atoms with van der Waals surface area (Å²) < 4.78 is 5.19. The summed E-state index contributed by atoms with van der Waals surface area (Å²) in [4.78, 5) is 18.7. The van der Waals surface area contributed by atoms with E-state index in [2.05, 4.69) is 21.9 Å². The van der Waals surface area contributed by atoms with Crippen LogP contribution in [0.1, 0.15) is 39.1 Å². The molecule has 1 rings (SSSR count). The molecule has 0 bridgehead atoms. The third kappa shape index (κ3) is 4.72. The van der Waals surface area contributed by atoms with Crippen LogP contribution in [-0.4, -0.2) is 21.7 Å². The Kier molecular flexibility index (Phi) is 4.31. The van der Waals surface area contributed by atoms with Crippen molar-refractivity contribution in [3.05, 3.63) is 30.9 Å². The predicted molar refractivity (Wildman–Crippen MR) is 65.5 cm³/mol. The molecule has 5 heteroatoms. The Morgan fingerprint density at radius 3 is 2.88 bits per heavy atom. The minimum atomic E-state index is -0.508. The molecule has 1 amide bonds. The van der Waals surface area contributed by atoms with Gasteiger partial charge in [-0.3, -0.25) is 0 Å². The van der Waals surface area contributed by atoms with Crippen LogP contribution in [0.3, 0.4) is 0 Å². The van der Waals surface area contributed by atoms with Gasteiger partial charge in [-0.25, -0.2) is 9.78 Å². The first-order chi connectivity index (χ1) is 7.92. The predicted octanol–water partition coefficient (Wildman–Crippen LogP) is 2.55. The zero-order valence-corrected chi connectivity index (χ0v) is 10.5. The largest absolute Gasteiger partial charge is 0.444 e. The fourth-order valence-electron chi connectivity index (χ4n) is 1.32. The number of hydrogen-bond acceptors (Lipinski definition) is 3. The number of alkyl carbamates (subject to hydrolysis) is 1. The van der Waals surface area contributed by atoms with E-state index in [1.165, 1.54) is 0 Å². The molecule has 5 nitrogen and oxygen atoms in total. The Morgan fingerprint density at radius 1 is 1.71 bits per heavy atom. The summed E-state index contributed by atoms with van der Waals surface area (Å²) in [6.07, 6.45) is 5.21. The number of nitrogens with zero attached hydrogens (tertiary/aromatic N) is 1. The lowest BCUT2D eigenvalue weighted by Crippen LogP contribution is -2.35. The van der Waals surface area contributed by atoms with Crippen LogP contribution in [0.5, 0.6) is 0 Å². The Balaban J connectivity index is 2.62. The maximum Gasteiger partial charge on any atom is 0.408 e. The Hall–Kier alpha value is -1.78. The summed E-state index contributed by atoms with van der Waals surface area (Å²) in [7, 11) is 0. The smallest absolute Gasteiger partial charge is 0.408 e. The third-order valence-electron chi connectivity index (χ3n) is 1.94. The van der Waals surface area contributed by atoms with E-state index in [0.717, 1.165) is 0 Å². The van der Waals surface area contributed by atoms with E-state index in [1.54, 1.807) is 18.5 Å². The number of nitrogens with one attached hydrogen (secondary N) is 2. The van der Waals surface area contributed by atoms with Crippen molar-refractivity contribution in [1.29, 1.82) is 0 Å². The molecule has 0 fully saturated rings. The molecule has 0 aliphatic rings. The Labute approximate surface area is 101 Å². The molecule has 94 valence electrons. The molecule has 1 aromatic heterocycles. The van der Waals surface area contributed by atoms with Gasteiger partial charge in [0.25, 0.3) is 0 Å². The van der Waals surface area contributed by atoms with Crippen molar-refractivity contribution >= 4 is 6.09 Å². The van der Waals surface area contributed by atoms with Crippen molar-refractivity contribution in [1.82, 2.24) is 15.3 Å². The van der Waals surface area contributed by atoms with Crippen LogP contribution in [0.2, 0.25) is 0 Å². The van der Waals surface area contributed by atoms with Gasteiger partial charge in [0.05, 0.1) is 6.04 Å². The van der Waals surface area contributed by atoms with Gasteiger partial charge in [-0.1, -0.05) is 6.08 Å². The summed E-state index contributed by atoms with van der Waals surface area (Å²) in [5, 5.41) is 2.75. The SMILES string of the molecule is C=CC[C@H](NC(=O)OC(C)(C)C)c1ncc[nH]1. The lowest BCUT2D eigenvalue weighted by atomic mass is 10.2. The van der Waals surface area contributed by atoms with E-state index in [-0.39, 0.29) is 6.04 Å². The van der Waals surface area contributed by atoms with Crippen molar-refractivity contribution in [3.63, 3.8) is 0 Å². The molecule has 0 aliphatic carbocycles. The number of carbonyl (C=O) groups excluding carboxylic acids is 1. The average Bonchev–Trinajstić information content (AvgIpc) is 2.66. The number of ether oxygens (including phenoxy) is 1. The van der Waals surface area contributed by atoms with Gasteiger partial charge in [0.1, 0.15) is 11.4 Å². The van der Waals surface area contributed by atoms with Crippen LogP contribution >= 0.6 is 0 Å². The number of amides is 1. The minimum Gasteiger partial charge on any atom is -0.444 e. The summed E-state index contributed by atoms with van der Waals surface area (Å²) in [6, 6.07) is -0.239. The van der Waals surface area contributed by atoms with Crippen LogP contribution in [0.25, 0.3) is 0 Å². The van der Waals surface area contributed by atoms with Gasteiger partial charge in [0.15, 0.2) is 0 Å². The quantitative estimate of drug-likeness (QED) is 0.791. The molecule has 0 saturated heterocycles. The van der Waals surface area contributed by atoms with E-state index >= 15 is 0 Å². The van der Waals surface area contributed by atoms with Crippen molar-refractivity contribution in [2.45, 2.75) is 38.8 Å². The van der Waals surface area contributed by atoms with Gasteiger partial charge in [-0.2, -0.15) is 0 Å². The van der Waals surface area contributed by atoms with Crippen LogP contribution < -0.4 is 5.32 Å². The molecule has 17 heavy (non-hydrogen) atoms. The van der Waals surface area contributed by atoms with Gasteiger partial charge in [0.2, 0.25) is 0 Å². The monoisotopic (exact) mass is 237 g/mol. The molecule has 0 unspecified atom stereocenters. The van der Waals surface area contributed by atoms with Gasteiger partial charge < -0.3 is 15.0 Å². The molecule has 1 heterocycles. The molecule has 1 aromatic rings. The summed E-state index contributed by atoms with van der Waals surface area (Å²) in [5.41, 5.74) is -0.508. The molecule has 0 aliphatic heterocycles. The first-order valence-electron chi connectivity index (χ1n) is 5.52. The number of carbonyl (C=O) groups is 1. The zero-order valence-electron chi connectivity index (χ0n) is 10.5. The number of aromatic amines is 1. The van der Waals surface area contributed by atoms with Gasteiger partial charge in [-0.15, -0.1) is 6.58 Å². The summed E-state index contributed by atoms with van der Waals surface area (Å²) in [5.74, 6) is 0.691. The molecular formula is C12H19N3O2. The highest BCUT2D eigenvalue weighted by Crippen LogP contribution is 2.14. The highest BCUT2D eigenvalue weighted by atomic mass is 16.6. The topological polar surface area (TPSA) is 67.0 Å². The normalized spacial score (nSPS) is 12.9. The van der Waals surface area contributed by atoms with Crippen molar-refractivity contribution < 1.29 is 9.53 Å². The second-order valence-corrected chi connectivity index (χ2v) is 4.70. The molecule has 1 atom stereocenters. The fraction of sp³-hybridized carbons (Fsp3) is 0.500. The highest BCUT2D eigenvalue weighted by molar-refractivity contribution is 5.68. The van der Waals surface area contributed by atoms with Crippen LogP contribution in [0.4, 0.5) is 4.79 Å².